The molecule has 1 aliphatic heterocycles. The number of nitriles is 1. The quantitative estimate of drug-likeness (QED) is 0.371. The standard InChI is InChI=1S/C31H32N6O2/c1-20-5-9-22(10-6-20)28-29(23-11-7-21(18-32)8-12-23)35-26-17-24(13-14-25(26)34-28)37-16-15-33-27(19-37)36-30(38)39-31(2,3)4/h5-14,17,27,33H,15-16,19H2,1-4H3,(H,36,38). The van der Waals surface area contributed by atoms with Gasteiger partial charge in [0.2, 0.25) is 0 Å². The van der Waals surface area contributed by atoms with Gasteiger partial charge in [0.15, 0.2) is 0 Å². The lowest BCUT2D eigenvalue weighted by molar-refractivity contribution is 0.0493. The largest absolute Gasteiger partial charge is 0.444 e. The summed E-state index contributed by atoms with van der Waals surface area (Å²) in [6.07, 6.45) is -0.685. The molecule has 1 saturated heterocycles. The SMILES string of the molecule is Cc1ccc(-c2nc3ccc(N4CCNC(NC(=O)OC(C)(C)C)C4)cc3nc2-c2ccc(C#N)cc2)cc1. The molecule has 0 bridgehead atoms. The monoisotopic (exact) mass is 520 g/mol. The van der Waals surface area contributed by atoms with Crippen LogP contribution in [0.2, 0.25) is 0 Å². The molecule has 5 rings (SSSR count). The van der Waals surface area contributed by atoms with Crippen molar-refractivity contribution in [3.05, 3.63) is 77.9 Å². The molecular formula is C31H32N6O2. The molecule has 1 aromatic heterocycles. The minimum Gasteiger partial charge on any atom is -0.444 e. The molecule has 2 heterocycles. The first-order chi connectivity index (χ1) is 18.7. The number of alkyl carbamates (subject to hydrolysis) is 1. The Kier molecular flexibility index (Phi) is 7.18. The van der Waals surface area contributed by atoms with Crippen LogP contribution in [0.15, 0.2) is 66.7 Å². The van der Waals surface area contributed by atoms with Gasteiger partial charge in [0.1, 0.15) is 11.8 Å². The van der Waals surface area contributed by atoms with E-state index in [-0.39, 0.29) is 6.17 Å². The van der Waals surface area contributed by atoms with Crippen LogP contribution in [0.25, 0.3) is 33.5 Å². The lowest BCUT2D eigenvalue weighted by Gasteiger charge is -2.35. The lowest BCUT2D eigenvalue weighted by atomic mass is 10.0. The number of aromatic nitrogens is 2. The zero-order valence-electron chi connectivity index (χ0n) is 22.7. The van der Waals surface area contributed by atoms with Gasteiger partial charge in [0, 0.05) is 29.9 Å². The van der Waals surface area contributed by atoms with Crippen LogP contribution in [0, 0.1) is 18.3 Å². The van der Waals surface area contributed by atoms with Crippen molar-refractivity contribution in [1.82, 2.24) is 20.6 Å². The highest BCUT2D eigenvalue weighted by molar-refractivity contribution is 5.88. The Morgan fingerprint density at radius 1 is 1.00 bits per heavy atom. The summed E-state index contributed by atoms with van der Waals surface area (Å²) in [6.45, 7) is 9.69. The number of hydrogen-bond donors (Lipinski definition) is 2. The summed E-state index contributed by atoms with van der Waals surface area (Å²) in [4.78, 5) is 24.6. The number of carbonyl (C=O) groups is 1. The number of anilines is 1. The maximum absolute atomic E-state index is 12.3. The number of rotatable bonds is 4. The molecule has 3 aromatic carbocycles. The van der Waals surface area contributed by atoms with Crippen LogP contribution in [-0.4, -0.2) is 47.5 Å². The van der Waals surface area contributed by atoms with E-state index in [0.717, 1.165) is 45.8 Å². The van der Waals surface area contributed by atoms with E-state index in [9.17, 15) is 10.1 Å². The molecule has 1 aliphatic rings. The van der Waals surface area contributed by atoms with Crippen LogP contribution in [-0.2, 0) is 4.74 Å². The van der Waals surface area contributed by atoms with Crippen LogP contribution in [0.3, 0.4) is 0 Å². The normalized spacial score (nSPS) is 15.6. The van der Waals surface area contributed by atoms with E-state index in [1.165, 1.54) is 5.56 Å². The average Bonchev–Trinajstić information content (AvgIpc) is 2.91. The van der Waals surface area contributed by atoms with Gasteiger partial charge in [-0.2, -0.15) is 5.26 Å². The van der Waals surface area contributed by atoms with Crippen LogP contribution in [0.5, 0.6) is 0 Å². The summed E-state index contributed by atoms with van der Waals surface area (Å²) in [5.74, 6) is 0. The van der Waals surface area contributed by atoms with Crippen LogP contribution >= 0.6 is 0 Å². The second kappa shape index (κ2) is 10.7. The summed E-state index contributed by atoms with van der Waals surface area (Å²) in [5.41, 5.74) is 7.23. The Hall–Kier alpha value is -4.48. The van der Waals surface area contributed by atoms with E-state index in [0.29, 0.717) is 18.7 Å². The Labute approximate surface area is 228 Å². The van der Waals surface area contributed by atoms with Crippen molar-refractivity contribution >= 4 is 22.8 Å². The number of piperazine rings is 1. The lowest BCUT2D eigenvalue weighted by Crippen LogP contribution is -2.59. The smallest absolute Gasteiger partial charge is 0.408 e. The van der Waals surface area contributed by atoms with Gasteiger partial charge in [-0.25, -0.2) is 14.8 Å². The van der Waals surface area contributed by atoms with Gasteiger partial charge in [-0.05, 0) is 58.0 Å². The first-order valence-corrected chi connectivity index (χ1v) is 13.1. The van der Waals surface area contributed by atoms with Gasteiger partial charge in [-0.1, -0.05) is 42.0 Å². The highest BCUT2D eigenvalue weighted by Crippen LogP contribution is 2.32. The molecule has 198 valence electrons. The second-order valence-corrected chi connectivity index (χ2v) is 10.7. The number of hydrogen-bond acceptors (Lipinski definition) is 7. The molecule has 0 aliphatic carbocycles. The molecule has 0 saturated carbocycles. The third-order valence-corrected chi connectivity index (χ3v) is 6.49. The fourth-order valence-corrected chi connectivity index (χ4v) is 4.59. The fraction of sp³-hybridized carbons (Fsp3) is 0.290. The first-order valence-electron chi connectivity index (χ1n) is 13.1. The number of nitrogens with zero attached hydrogens (tertiary/aromatic N) is 4. The van der Waals surface area contributed by atoms with E-state index < -0.39 is 11.7 Å². The molecule has 1 amide bonds. The maximum atomic E-state index is 12.3. The van der Waals surface area contributed by atoms with Crippen LogP contribution in [0.1, 0.15) is 31.9 Å². The van der Waals surface area contributed by atoms with Crippen molar-refractivity contribution in [2.24, 2.45) is 0 Å². The molecule has 0 spiro atoms. The van der Waals surface area contributed by atoms with Crippen LogP contribution in [0.4, 0.5) is 10.5 Å². The number of amides is 1. The van der Waals surface area contributed by atoms with Gasteiger partial charge < -0.3 is 15.0 Å². The molecule has 2 N–H and O–H groups in total. The zero-order chi connectivity index (χ0) is 27.6. The van der Waals surface area contributed by atoms with E-state index in [1.54, 1.807) is 12.1 Å². The van der Waals surface area contributed by atoms with Gasteiger partial charge in [-0.15, -0.1) is 0 Å². The number of aryl methyl sites for hydroxylation is 1. The second-order valence-electron chi connectivity index (χ2n) is 10.7. The summed E-state index contributed by atoms with van der Waals surface area (Å²) in [6, 6.07) is 24.0. The van der Waals surface area contributed by atoms with Crippen molar-refractivity contribution in [2.75, 3.05) is 24.5 Å². The van der Waals surface area contributed by atoms with Crippen molar-refractivity contribution in [3.63, 3.8) is 0 Å². The Bertz CT molecular complexity index is 1540. The Morgan fingerprint density at radius 2 is 1.64 bits per heavy atom. The predicted molar refractivity (Wildman–Crippen MR) is 153 cm³/mol. The van der Waals surface area contributed by atoms with Crippen molar-refractivity contribution in [1.29, 1.82) is 5.26 Å². The van der Waals surface area contributed by atoms with E-state index >= 15 is 0 Å². The zero-order valence-corrected chi connectivity index (χ0v) is 22.7. The highest BCUT2D eigenvalue weighted by Gasteiger charge is 2.24. The number of ether oxygens (including phenoxy) is 1. The molecule has 1 fully saturated rings. The van der Waals surface area contributed by atoms with E-state index in [4.69, 9.17) is 14.7 Å². The van der Waals surface area contributed by atoms with Crippen molar-refractivity contribution in [3.8, 4) is 28.6 Å². The fourth-order valence-electron chi connectivity index (χ4n) is 4.59. The number of nitrogens with one attached hydrogen (secondary N) is 2. The summed E-state index contributed by atoms with van der Waals surface area (Å²) < 4.78 is 5.42. The third kappa shape index (κ3) is 6.16. The average molecular weight is 521 g/mol. The first kappa shape index (κ1) is 26.1. The van der Waals surface area contributed by atoms with Gasteiger partial charge in [-0.3, -0.25) is 5.32 Å². The molecule has 0 radical (unpaired) electrons. The van der Waals surface area contributed by atoms with Crippen molar-refractivity contribution < 1.29 is 9.53 Å². The topological polar surface area (TPSA) is 103 Å². The molecule has 4 aromatic rings. The Balaban J connectivity index is 1.48. The molecular weight excluding hydrogens is 488 g/mol. The molecule has 8 nitrogen and oxygen atoms in total. The van der Waals surface area contributed by atoms with E-state index in [1.807, 2.05) is 51.1 Å². The minimum atomic E-state index is -0.556. The Morgan fingerprint density at radius 3 is 2.28 bits per heavy atom. The van der Waals surface area contributed by atoms with Gasteiger partial charge in [0.25, 0.3) is 0 Å². The molecule has 8 heteroatoms. The summed E-state index contributed by atoms with van der Waals surface area (Å²) in [7, 11) is 0. The minimum absolute atomic E-state index is 0.242. The van der Waals surface area contributed by atoms with E-state index in [2.05, 4.69) is 52.8 Å². The maximum Gasteiger partial charge on any atom is 0.408 e. The molecule has 39 heavy (non-hydrogen) atoms. The number of benzene rings is 3. The van der Waals surface area contributed by atoms with Gasteiger partial charge >= 0.3 is 6.09 Å². The molecule has 1 unspecified atom stereocenters. The number of carbonyl (C=O) groups excluding carboxylic acids is 1. The third-order valence-electron chi connectivity index (χ3n) is 6.49. The number of fused-ring (bicyclic) bond motifs is 1. The van der Waals surface area contributed by atoms with Gasteiger partial charge in [0.05, 0.1) is 40.6 Å². The van der Waals surface area contributed by atoms with Crippen molar-refractivity contribution in [2.45, 2.75) is 39.5 Å². The van der Waals surface area contributed by atoms with Crippen LogP contribution < -0.4 is 15.5 Å². The predicted octanol–water partition coefficient (Wildman–Crippen LogP) is 5.40. The molecule has 1 atom stereocenters. The highest BCUT2D eigenvalue weighted by atomic mass is 16.6. The summed E-state index contributed by atoms with van der Waals surface area (Å²) in [5, 5.41) is 15.5. The summed E-state index contributed by atoms with van der Waals surface area (Å²) >= 11 is 0.